The van der Waals surface area contributed by atoms with E-state index in [-0.39, 0.29) is 5.91 Å². The summed E-state index contributed by atoms with van der Waals surface area (Å²) < 4.78 is 7.13. The average Bonchev–Trinajstić information content (AvgIpc) is 3.26. The Kier molecular flexibility index (Phi) is 7.39. The number of anilines is 1. The van der Waals surface area contributed by atoms with Gasteiger partial charge in [-0.2, -0.15) is 5.10 Å². The van der Waals surface area contributed by atoms with Gasteiger partial charge in [0.15, 0.2) is 5.65 Å². The van der Waals surface area contributed by atoms with Crippen molar-refractivity contribution in [3.05, 3.63) is 108 Å². The van der Waals surface area contributed by atoms with Gasteiger partial charge in [0.2, 0.25) is 5.91 Å². The van der Waals surface area contributed by atoms with Gasteiger partial charge in [-0.05, 0) is 41.8 Å². The summed E-state index contributed by atoms with van der Waals surface area (Å²) in [4.78, 5) is 27.5. The number of amides is 1. The summed E-state index contributed by atoms with van der Waals surface area (Å²) in [7, 11) is 1.64. The van der Waals surface area contributed by atoms with Gasteiger partial charge in [0.25, 0.3) is 0 Å². The van der Waals surface area contributed by atoms with Crippen molar-refractivity contribution in [2.24, 2.45) is 0 Å². The molecule has 0 unspecified atom stereocenters. The van der Waals surface area contributed by atoms with Crippen LogP contribution < -0.4 is 9.64 Å². The highest BCUT2D eigenvalue weighted by molar-refractivity contribution is 5.88. The van der Waals surface area contributed by atoms with E-state index in [9.17, 15) is 4.79 Å². The molecule has 40 heavy (non-hydrogen) atoms. The predicted octanol–water partition coefficient (Wildman–Crippen LogP) is 4.70. The molecular weight excluding hydrogens is 500 g/mol. The molecular formula is C32H32N6O2. The van der Waals surface area contributed by atoms with E-state index in [1.54, 1.807) is 7.11 Å². The minimum Gasteiger partial charge on any atom is -0.497 e. The van der Waals surface area contributed by atoms with Crippen LogP contribution in [0.4, 0.5) is 5.82 Å². The molecule has 0 saturated carbocycles. The van der Waals surface area contributed by atoms with Crippen molar-refractivity contribution in [3.63, 3.8) is 0 Å². The highest BCUT2D eigenvalue weighted by atomic mass is 16.5. The Labute approximate surface area is 233 Å². The number of hydrogen-bond acceptors (Lipinski definition) is 6. The van der Waals surface area contributed by atoms with Crippen molar-refractivity contribution in [1.82, 2.24) is 24.6 Å². The fourth-order valence-electron chi connectivity index (χ4n) is 5.20. The number of rotatable bonds is 7. The maximum atomic E-state index is 13.2. The molecule has 0 spiro atoms. The van der Waals surface area contributed by atoms with Gasteiger partial charge in [-0.1, -0.05) is 60.7 Å². The summed E-state index contributed by atoms with van der Waals surface area (Å²) >= 11 is 0. The number of carbonyl (C=O) groups excluding carboxylic acids is 1. The van der Waals surface area contributed by atoms with Crippen LogP contribution in [-0.2, 0) is 17.6 Å². The van der Waals surface area contributed by atoms with Gasteiger partial charge >= 0.3 is 0 Å². The molecule has 1 aliphatic heterocycles. The van der Waals surface area contributed by atoms with Crippen LogP contribution in [0.2, 0.25) is 0 Å². The first kappa shape index (κ1) is 25.6. The van der Waals surface area contributed by atoms with Crippen LogP contribution in [-0.4, -0.2) is 63.8 Å². The lowest BCUT2D eigenvalue weighted by molar-refractivity contribution is -0.130. The van der Waals surface area contributed by atoms with Crippen LogP contribution in [0.15, 0.2) is 91.1 Å². The third-order valence-corrected chi connectivity index (χ3v) is 7.32. The third-order valence-electron chi connectivity index (χ3n) is 7.32. The second-order valence-corrected chi connectivity index (χ2v) is 10.0. The minimum absolute atomic E-state index is 0.140. The molecule has 5 aromatic rings. The van der Waals surface area contributed by atoms with E-state index < -0.39 is 0 Å². The maximum Gasteiger partial charge on any atom is 0.227 e. The normalized spacial score (nSPS) is 13.8. The highest BCUT2D eigenvalue weighted by Crippen LogP contribution is 2.27. The summed E-state index contributed by atoms with van der Waals surface area (Å²) in [6.07, 6.45) is 3.74. The zero-order valence-corrected chi connectivity index (χ0v) is 22.6. The van der Waals surface area contributed by atoms with Crippen LogP contribution >= 0.6 is 0 Å². The van der Waals surface area contributed by atoms with Gasteiger partial charge in [-0.25, -0.2) is 14.6 Å². The van der Waals surface area contributed by atoms with E-state index >= 15 is 0 Å². The minimum atomic E-state index is 0.140. The number of methoxy groups -OCH3 is 1. The van der Waals surface area contributed by atoms with Gasteiger partial charge in [-0.3, -0.25) is 4.79 Å². The molecule has 1 amide bonds. The predicted molar refractivity (Wildman–Crippen MR) is 156 cm³/mol. The van der Waals surface area contributed by atoms with E-state index in [0.29, 0.717) is 25.9 Å². The molecule has 0 bridgehead atoms. The Bertz CT molecular complexity index is 1590. The fraction of sp³-hybridized carbons (Fsp3) is 0.250. The quantitative estimate of drug-likeness (QED) is 0.303. The van der Waals surface area contributed by atoms with Gasteiger partial charge in [-0.15, -0.1) is 0 Å². The van der Waals surface area contributed by atoms with E-state index in [1.165, 1.54) is 0 Å². The first-order chi connectivity index (χ1) is 19.7. The fourth-order valence-corrected chi connectivity index (χ4v) is 5.20. The molecule has 3 heterocycles. The number of nitrogens with zero attached hydrogens (tertiary/aromatic N) is 6. The molecule has 1 aliphatic rings. The van der Waals surface area contributed by atoms with E-state index in [0.717, 1.165) is 64.7 Å². The van der Waals surface area contributed by atoms with Crippen molar-refractivity contribution in [2.45, 2.75) is 19.3 Å². The molecule has 0 N–H and O–H groups in total. The Morgan fingerprint density at radius 2 is 1.57 bits per heavy atom. The van der Waals surface area contributed by atoms with E-state index in [4.69, 9.17) is 19.8 Å². The Morgan fingerprint density at radius 3 is 2.33 bits per heavy atom. The molecule has 0 atom stereocenters. The number of fused-ring (bicyclic) bond motifs is 1. The van der Waals surface area contributed by atoms with Crippen LogP contribution in [0.3, 0.4) is 0 Å². The van der Waals surface area contributed by atoms with Crippen LogP contribution in [0, 0.1) is 0 Å². The Morgan fingerprint density at radius 1 is 0.825 bits per heavy atom. The standard InChI is InChI=1S/C32H32N6O2/c1-40-27-15-13-25(14-16-27)22-30(39)36-17-8-18-37(20-19-36)31-28-23-33-38(26-11-6-3-7-12-26)32(28)35-29(34-31)21-24-9-4-2-5-10-24/h2-7,9-16,23H,8,17-22H2,1H3. The van der Waals surface area contributed by atoms with E-state index in [2.05, 4.69) is 17.0 Å². The molecule has 6 rings (SSSR count). The molecule has 8 heteroatoms. The lowest BCUT2D eigenvalue weighted by atomic mass is 10.1. The average molecular weight is 533 g/mol. The molecule has 8 nitrogen and oxygen atoms in total. The summed E-state index contributed by atoms with van der Waals surface area (Å²) in [6, 6.07) is 28.1. The van der Waals surface area contributed by atoms with Crippen molar-refractivity contribution >= 4 is 22.8 Å². The molecule has 1 saturated heterocycles. The highest BCUT2D eigenvalue weighted by Gasteiger charge is 2.24. The number of carbonyl (C=O) groups is 1. The zero-order valence-electron chi connectivity index (χ0n) is 22.6. The maximum absolute atomic E-state index is 13.2. The SMILES string of the molecule is COc1ccc(CC(=O)N2CCCN(c3nc(Cc4ccccc4)nc4c3cnn4-c3ccccc3)CC2)cc1. The third kappa shape index (κ3) is 5.52. The second-order valence-electron chi connectivity index (χ2n) is 10.0. The molecule has 202 valence electrons. The lowest BCUT2D eigenvalue weighted by Gasteiger charge is -2.24. The summed E-state index contributed by atoms with van der Waals surface area (Å²) in [5, 5.41) is 5.62. The Balaban J connectivity index is 1.27. The van der Waals surface area contributed by atoms with Crippen molar-refractivity contribution in [2.75, 3.05) is 38.2 Å². The topological polar surface area (TPSA) is 76.4 Å². The second kappa shape index (κ2) is 11.6. The van der Waals surface area contributed by atoms with Gasteiger partial charge in [0, 0.05) is 32.6 Å². The molecule has 0 aliphatic carbocycles. The molecule has 3 aromatic carbocycles. The number of hydrogen-bond donors (Lipinski definition) is 0. The van der Waals surface area contributed by atoms with Crippen LogP contribution in [0.25, 0.3) is 16.7 Å². The molecule has 0 radical (unpaired) electrons. The number of para-hydroxylation sites is 1. The molecule has 2 aromatic heterocycles. The largest absolute Gasteiger partial charge is 0.497 e. The summed E-state index contributed by atoms with van der Waals surface area (Å²) in [5.74, 6) is 2.56. The zero-order chi connectivity index (χ0) is 27.3. The first-order valence-electron chi connectivity index (χ1n) is 13.7. The monoisotopic (exact) mass is 532 g/mol. The van der Waals surface area contributed by atoms with Crippen LogP contribution in [0.5, 0.6) is 5.75 Å². The number of benzene rings is 3. The summed E-state index contributed by atoms with van der Waals surface area (Å²) in [6.45, 7) is 2.86. The van der Waals surface area contributed by atoms with Gasteiger partial charge in [0.05, 0.1) is 30.8 Å². The van der Waals surface area contributed by atoms with Crippen molar-refractivity contribution < 1.29 is 9.53 Å². The van der Waals surface area contributed by atoms with Crippen LogP contribution in [0.1, 0.15) is 23.4 Å². The number of ether oxygens (including phenoxy) is 1. The van der Waals surface area contributed by atoms with Crippen molar-refractivity contribution in [3.8, 4) is 11.4 Å². The van der Waals surface area contributed by atoms with Gasteiger partial charge in [0.1, 0.15) is 17.4 Å². The smallest absolute Gasteiger partial charge is 0.227 e. The first-order valence-corrected chi connectivity index (χ1v) is 13.7. The van der Waals surface area contributed by atoms with Gasteiger partial charge < -0.3 is 14.5 Å². The number of aromatic nitrogens is 4. The summed E-state index contributed by atoms with van der Waals surface area (Å²) in [5.41, 5.74) is 3.89. The van der Waals surface area contributed by atoms with E-state index in [1.807, 2.05) is 88.6 Å². The lowest BCUT2D eigenvalue weighted by Crippen LogP contribution is -2.36. The van der Waals surface area contributed by atoms with Crippen molar-refractivity contribution in [1.29, 1.82) is 0 Å². The molecule has 1 fully saturated rings. The Hall–Kier alpha value is -4.72.